The molecule has 0 aromatic heterocycles. The molecule has 23 heavy (non-hydrogen) atoms. The fourth-order valence-electron chi connectivity index (χ4n) is 3.53. The van der Waals surface area contributed by atoms with E-state index in [1.165, 1.54) is 0 Å². The molecule has 122 valence electrons. The highest BCUT2D eigenvalue weighted by molar-refractivity contribution is 7.89. The summed E-state index contributed by atoms with van der Waals surface area (Å²) in [6.07, 6.45) is -0.275. The number of aryl methyl sites for hydroxylation is 3. The SMILES string of the molecule is Cc1cc(C)c(S(=O)(=O)N[C@@H]2c3ccccc3C[C@@H]2O)c(C)c1. The summed E-state index contributed by atoms with van der Waals surface area (Å²) < 4.78 is 28.4. The molecule has 1 aliphatic carbocycles. The molecule has 4 nitrogen and oxygen atoms in total. The zero-order valence-corrected chi connectivity index (χ0v) is 14.3. The molecule has 0 aliphatic heterocycles. The Kier molecular flexibility index (Phi) is 4.04. The number of aliphatic hydroxyl groups excluding tert-OH is 1. The molecule has 0 amide bonds. The lowest BCUT2D eigenvalue weighted by atomic mass is 10.1. The van der Waals surface area contributed by atoms with Crippen molar-refractivity contribution in [1.82, 2.24) is 4.72 Å². The van der Waals surface area contributed by atoms with Crippen LogP contribution in [0.1, 0.15) is 33.9 Å². The van der Waals surface area contributed by atoms with Crippen LogP contribution < -0.4 is 4.72 Å². The van der Waals surface area contributed by atoms with Gasteiger partial charge in [0.1, 0.15) is 0 Å². The van der Waals surface area contributed by atoms with Crippen LogP contribution in [0, 0.1) is 20.8 Å². The van der Waals surface area contributed by atoms with E-state index in [0.29, 0.717) is 11.3 Å². The Morgan fingerprint density at radius 2 is 1.70 bits per heavy atom. The van der Waals surface area contributed by atoms with Crippen LogP contribution in [-0.4, -0.2) is 19.6 Å². The molecule has 0 fully saturated rings. The highest BCUT2D eigenvalue weighted by atomic mass is 32.2. The minimum atomic E-state index is -3.71. The topological polar surface area (TPSA) is 66.4 Å². The van der Waals surface area contributed by atoms with Gasteiger partial charge in [0, 0.05) is 6.42 Å². The van der Waals surface area contributed by atoms with Crippen LogP contribution in [0.4, 0.5) is 0 Å². The van der Waals surface area contributed by atoms with E-state index < -0.39 is 22.2 Å². The third-order valence-electron chi connectivity index (χ3n) is 4.36. The first-order valence-corrected chi connectivity index (χ1v) is 9.14. The van der Waals surface area contributed by atoms with E-state index >= 15 is 0 Å². The summed E-state index contributed by atoms with van der Waals surface area (Å²) in [5, 5.41) is 10.3. The lowest BCUT2D eigenvalue weighted by molar-refractivity contribution is 0.151. The van der Waals surface area contributed by atoms with E-state index in [0.717, 1.165) is 27.8 Å². The summed E-state index contributed by atoms with van der Waals surface area (Å²) >= 11 is 0. The van der Waals surface area contributed by atoms with Gasteiger partial charge in [0.15, 0.2) is 0 Å². The monoisotopic (exact) mass is 331 g/mol. The molecule has 1 aliphatic rings. The van der Waals surface area contributed by atoms with Gasteiger partial charge < -0.3 is 5.11 Å². The minimum absolute atomic E-state index is 0.305. The third-order valence-corrected chi connectivity index (χ3v) is 6.11. The van der Waals surface area contributed by atoms with Crippen LogP contribution in [0.2, 0.25) is 0 Å². The summed E-state index contributed by atoms with van der Waals surface area (Å²) in [6.45, 7) is 5.54. The van der Waals surface area contributed by atoms with Gasteiger partial charge in [-0.2, -0.15) is 0 Å². The quantitative estimate of drug-likeness (QED) is 0.908. The first kappa shape index (κ1) is 16.2. The molecule has 5 heteroatoms. The molecule has 0 heterocycles. The number of benzene rings is 2. The van der Waals surface area contributed by atoms with Gasteiger partial charge in [-0.25, -0.2) is 13.1 Å². The van der Waals surface area contributed by atoms with Gasteiger partial charge in [-0.1, -0.05) is 42.0 Å². The van der Waals surface area contributed by atoms with E-state index in [4.69, 9.17) is 0 Å². The van der Waals surface area contributed by atoms with Crippen molar-refractivity contribution in [3.05, 3.63) is 64.2 Å². The highest BCUT2D eigenvalue weighted by Gasteiger charge is 2.35. The molecular formula is C18H21NO3S. The molecular weight excluding hydrogens is 310 g/mol. The Morgan fingerprint density at radius 1 is 1.09 bits per heavy atom. The molecule has 0 saturated heterocycles. The normalized spacial score (nSPS) is 20.5. The van der Waals surface area contributed by atoms with Gasteiger partial charge in [0.05, 0.1) is 17.0 Å². The second-order valence-corrected chi connectivity index (χ2v) is 7.95. The van der Waals surface area contributed by atoms with Crippen molar-refractivity contribution < 1.29 is 13.5 Å². The first-order chi connectivity index (χ1) is 10.8. The number of aliphatic hydroxyl groups is 1. The van der Waals surface area contributed by atoms with E-state index in [9.17, 15) is 13.5 Å². The Labute approximate surface area is 137 Å². The average Bonchev–Trinajstić information content (AvgIpc) is 2.73. The van der Waals surface area contributed by atoms with Crippen LogP contribution in [0.5, 0.6) is 0 Å². The summed E-state index contributed by atoms with van der Waals surface area (Å²) in [4.78, 5) is 0.305. The maximum atomic E-state index is 12.9. The Morgan fingerprint density at radius 3 is 2.35 bits per heavy atom. The number of nitrogens with one attached hydrogen (secondary N) is 1. The van der Waals surface area contributed by atoms with Gasteiger partial charge >= 0.3 is 0 Å². The van der Waals surface area contributed by atoms with Crippen molar-refractivity contribution in [2.24, 2.45) is 0 Å². The predicted molar refractivity (Wildman–Crippen MR) is 89.9 cm³/mol. The second kappa shape index (κ2) is 5.74. The Bertz CT molecular complexity index is 835. The molecule has 0 radical (unpaired) electrons. The molecule has 0 spiro atoms. The van der Waals surface area contributed by atoms with Crippen LogP contribution in [0.15, 0.2) is 41.3 Å². The largest absolute Gasteiger partial charge is 0.391 e. The Balaban J connectivity index is 2.00. The van der Waals surface area contributed by atoms with E-state index in [1.54, 1.807) is 13.8 Å². The maximum Gasteiger partial charge on any atom is 0.241 e. The van der Waals surface area contributed by atoms with Crippen molar-refractivity contribution in [1.29, 1.82) is 0 Å². The fraction of sp³-hybridized carbons (Fsp3) is 0.333. The van der Waals surface area contributed by atoms with Crippen LogP contribution in [0.25, 0.3) is 0 Å². The average molecular weight is 331 g/mol. The molecule has 0 unspecified atom stereocenters. The van der Waals surface area contributed by atoms with Crippen LogP contribution in [-0.2, 0) is 16.4 Å². The van der Waals surface area contributed by atoms with Crippen LogP contribution >= 0.6 is 0 Å². The molecule has 2 aromatic carbocycles. The van der Waals surface area contributed by atoms with Crippen molar-refractivity contribution in [3.63, 3.8) is 0 Å². The summed E-state index contributed by atoms with van der Waals surface area (Å²) in [5.41, 5.74) is 4.31. The zero-order valence-electron chi connectivity index (χ0n) is 13.5. The molecule has 2 atom stereocenters. The smallest absolute Gasteiger partial charge is 0.241 e. The van der Waals surface area contributed by atoms with Gasteiger partial charge in [-0.3, -0.25) is 0 Å². The van der Waals surface area contributed by atoms with E-state index in [2.05, 4.69) is 4.72 Å². The molecule has 0 saturated carbocycles. The number of hydrogen-bond donors (Lipinski definition) is 2. The summed E-state index contributed by atoms with van der Waals surface area (Å²) in [7, 11) is -3.71. The molecule has 2 aromatic rings. The number of rotatable bonds is 3. The first-order valence-electron chi connectivity index (χ1n) is 7.65. The van der Waals surface area contributed by atoms with Gasteiger partial charge in [-0.05, 0) is 43.0 Å². The lowest BCUT2D eigenvalue weighted by Gasteiger charge is -2.20. The molecule has 2 N–H and O–H groups in total. The van der Waals surface area contributed by atoms with Gasteiger partial charge in [-0.15, -0.1) is 0 Å². The number of hydrogen-bond acceptors (Lipinski definition) is 3. The lowest BCUT2D eigenvalue weighted by Crippen LogP contribution is -2.34. The van der Waals surface area contributed by atoms with Gasteiger partial charge in [0.2, 0.25) is 10.0 Å². The molecule has 3 rings (SSSR count). The number of fused-ring (bicyclic) bond motifs is 1. The van der Waals surface area contributed by atoms with Crippen LogP contribution in [0.3, 0.4) is 0 Å². The minimum Gasteiger partial charge on any atom is -0.391 e. The zero-order chi connectivity index (χ0) is 16.8. The van der Waals surface area contributed by atoms with Gasteiger partial charge in [0.25, 0.3) is 0 Å². The van der Waals surface area contributed by atoms with Crippen molar-refractivity contribution in [3.8, 4) is 0 Å². The second-order valence-electron chi connectivity index (χ2n) is 6.30. The summed E-state index contributed by atoms with van der Waals surface area (Å²) in [5.74, 6) is 0. The number of sulfonamides is 1. The van der Waals surface area contributed by atoms with E-state index in [1.807, 2.05) is 43.3 Å². The maximum absolute atomic E-state index is 12.9. The predicted octanol–water partition coefficient (Wildman–Crippen LogP) is 2.55. The van der Waals surface area contributed by atoms with Crippen molar-refractivity contribution in [2.75, 3.05) is 0 Å². The summed E-state index contributed by atoms with van der Waals surface area (Å²) in [6, 6.07) is 10.7. The molecule has 0 bridgehead atoms. The van der Waals surface area contributed by atoms with Crippen molar-refractivity contribution in [2.45, 2.75) is 44.2 Å². The van der Waals surface area contributed by atoms with E-state index in [-0.39, 0.29) is 0 Å². The standard InChI is InChI=1S/C18H21NO3S/c1-11-8-12(2)18(13(3)9-11)23(21,22)19-17-15-7-5-4-6-14(15)10-16(17)20/h4-9,16-17,19-20H,10H2,1-3H3/t16-,17+/m0/s1. The Hall–Kier alpha value is -1.69. The van der Waals surface area contributed by atoms with Crippen molar-refractivity contribution >= 4 is 10.0 Å². The third kappa shape index (κ3) is 2.92. The fourth-order valence-corrected chi connectivity index (χ4v) is 5.23. The highest BCUT2D eigenvalue weighted by Crippen LogP contribution is 2.33.